The molecule has 20 heavy (non-hydrogen) atoms. The van der Waals surface area contributed by atoms with E-state index in [1.807, 2.05) is 0 Å². The van der Waals surface area contributed by atoms with Gasteiger partial charge in [-0.15, -0.1) is 0 Å². The SMILES string of the molecule is CCn1c(C)cc(CNC(C)c2ccccc2Br)c1C. The van der Waals surface area contributed by atoms with Crippen molar-refractivity contribution in [3.63, 3.8) is 0 Å². The highest BCUT2D eigenvalue weighted by atomic mass is 79.9. The molecule has 1 atom stereocenters. The highest BCUT2D eigenvalue weighted by Gasteiger charge is 2.11. The molecule has 0 fully saturated rings. The van der Waals surface area contributed by atoms with Gasteiger partial charge in [-0.25, -0.2) is 0 Å². The molecule has 0 spiro atoms. The van der Waals surface area contributed by atoms with Crippen LogP contribution in [-0.2, 0) is 13.1 Å². The van der Waals surface area contributed by atoms with Crippen molar-refractivity contribution in [2.75, 3.05) is 0 Å². The van der Waals surface area contributed by atoms with E-state index in [0.29, 0.717) is 6.04 Å². The highest BCUT2D eigenvalue weighted by molar-refractivity contribution is 9.10. The molecule has 2 nitrogen and oxygen atoms in total. The van der Waals surface area contributed by atoms with Gasteiger partial charge in [0.25, 0.3) is 0 Å². The Bertz CT molecular complexity index is 587. The Morgan fingerprint density at radius 1 is 1.25 bits per heavy atom. The lowest BCUT2D eigenvalue weighted by molar-refractivity contribution is 0.570. The standard InChI is InChI=1S/C17H23BrN2/c1-5-20-12(2)10-15(14(20)4)11-19-13(3)16-8-6-7-9-17(16)18/h6-10,13,19H,5,11H2,1-4H3. The number of nitrogens with zero attached hydrogens (tertiary/aromatic N) is 1. The van der Waals surface area contributed by atoms with Crippen LogP contribution in [0, 0.1) is 13.8 Å². The summed E-state index contributed by atoms with van der Waals surface area (Å²) < 4.78 is 3.53. The topological polar surface area (TPSA) is 17.0 Å². The summed E-state index contributed by atoms with van der Waals surface area (Å²) in [5.41, 5.74) is 5.41. The lowest BCUT2D eigenvalue weighted by Gasteiger charge is -2.16. The van der Waals surface area contributed by atoms with Crippen LogP contribution in [0.3, 0.4) is 0 Å². The molecule has 1 heterocycles. The van der Waals surface area contributed by atoms with Crippen LogP contribution in [0.5, 0.6) is 0 Å². The number of aryl methyl sites for hydroxylation is 1. The molecule has 0 saturated heterocycles. The molecule has 3 heteroatoms. The van der Waals surface area contributed by atoms with E-state index in [2.05, 4.69) is 83.8 Å². The first kappa shape index (κ1) is 15.3. The number of halogens is 1. The van der Waals surface area contributed by atoms with Crippen LogP contribution in [0.4, 0.5) is 0 Å². The second-order valence-corrected chi connectivity index (χ2v) is 6.12. The van der Waals surface area contributed by atoms with E-state index in [4.69, 9.17) is 0 Å². The molecule has 0 radical (unpaired) electrons. The molecule has 0 bridgehead atoms. The number of rotatable bonds is 5. The monoisotopic (exact) mass is 334 g/mol. The summed E-state index contributed by atoms with van der Waals surface area (Å²) in [4.78, 5) is 0. The summed E-state index contributed by atoms with van der Waals surface area (Å²) in [6.07, 6.45) is 0. The first-order valence-corrected chi connectivity index (χ1v) is 7.97. The van der Waals surface area contributed by atoms with E-state index in [0.717, 1.165) is 13.1 Å². The Balaban J connectivity index is 2.08. The molecule has 1 unspecified atom stereocenters. The van der Waals surface area contributed by atoms with Gasteiger partial charge in [0.1, 0.15) is 0 Å². The third-order valence-corrected chi connectivity index (χ3v) is 4.69. The van der Waals surface area contributed by atoms with Crippen molar-refractivity contribution < 1.29 is 0 Å². The molecule has 2 aromatic rings. The van der Waals surface area contributed by atoms with Gasteiger partial charge in [-0.1, -0.05) is 34.1 Å². The quantitative estimate of drug-likeness (QED) is 0.835. The summed E-state index contributed by atoms with van der Waals surface area (Å²) in [6.45, 7) is 10.7. The summed E-state index contributed by atoms with van der Waals surface area (Å²) >= 11 is 3.62. The maximum Gasteiger partial charge on any atom is 0.0306 e. The molecule has 1 aromatic carbocycles. The zero-order valence-electron chi connectivity index (χ0n) is 12.7. The van der Waals surface area contributed by atoms with Crippen molar-refractivity contribution in [2.24, 2.45) is 0 Å². The predicted octanol–water partition coefficient (Wildman–Crippen LogP) is 4.74. The van der Waals surface area contributed by atoms with Crippen molar-refractivity contribution >= 4 is 15.9 Å². The molecule has 0 aliphatic carbocycles. The van der Waals surface area contributed by atoms with Crippen LogP contribution < -0.4 is 5.32 Å². The predicted molar refractivity (Wildman–Crippen MR) is 89.0 cm³/mol. The van der Waals surface area contributed by atoms with Gasteiger partial charge < -0.3 is 9.88 Å². The highest BCUT2D eigenvalue weighted by Crippen LogP contribution is 2.23. The normalized spacial score (nSPS) is 12.7. The molecule has 1 N–H and O–H groups in total. The van der Waals surface area contributed by atoms with Gasteiger partial charge in [0, 0.05) is 35.0 Å². The molecular formula is C17H23BrN2. The molecule has 108 valence electrons. The van der Waals surface area contributed by atoms with Gasteiger partial charge in [-0.3, -0.25) is 0 Å². The summed E-state index contributed by atoms with van der Waals surface area (Å²) in [7, 11) is 0. The lowest BCUT2D eigenvalue weighted by atomic mass is 10.1. The first-order valence-electron chi connectivity index (χ1n) is 7.18. The molecular weight excluding hydrogens is 312 g/mol. The fraction of sp³-hybridized carbons (Fsp3) is 0.412. The second-order valence-electron chi connectivity index (χ2n) is 5.26. The van der Waals surface area contributed by atoms with Crippen LogP contribution in [0.25, 0.3) is 0 Å². The van der Waals surface area contributed by atoms with Crippen LogP contribution >= 0.6 is 15.9 Å². The Labute approximate surface area is 130 Å². The second kappa shape index (κ2) is 6.59. The van der Waals surface area contributed by atoms with Gasteiger partial charge in [0.05, 0.1) is 0 Å². The minimum atomic E-state index is 0.329. The average molecular weight is 335 g/mol. The lowest BCUT2D eigenvalue weighted by Crippen LogP contribution is -2.18. The van der Waals surface area contributed by atoms with E-state index < -0.39 is 0 Å². The summed E-state index contributed by atoms with van der Waals surface area (Å²) in [6, 6.07) is 11.0. The van der Waals surface area contributed by atoms with Crippen molar-refractivity contribution in [3.05, 3.63) is 57.3 Å². The van der Waals surface area contributed by atoms with Crippen LogP contribution in [-0.4, -0.2) is 4.57 Å². The minimum absolute atomic E-state index is 0.329. The van der Waals surface area contributed by atoms with Crippen molar-refractivity contribution in [2.45, 2.75) is 46.8 Å². The minimum Gasteiger partial charge on any atom is -0.349 e. The van der Waals surface area contributed by atoms with Gasteiger partial charge in [-0.2, -0.15) is 0 Å². The third-order valence-electron chi connectivity index (χ3n) is 3.97. The van der Waals surface area contributed by atoms with E-state index >= 15 is 0 Å². The molecule has 1 aromatic heterocycles. The smallest absolute Gasteiger partial charge is 0.0306 e. The van der Waals surface area contributed by atoms with E-state index in [1.54, 1.807) is 0 Å². The molecule has 0 saturated carbocycles. The zero-order valence-corrected chi connectivity index (χ0v) is 14.3. The largest absolute Gasteiger partial charge is 0.349 e. The van der Waals surface area contributed by atoms with E-state index in [-0.39, 0.29) is 0 Å². The summed E-state index contributed by atoms with van der Waals surface area (Å²) in [5, 5.41) is 3.62. The van der Waals surface area contributed by atoms with Crippen molar-refractivity contribution in [3.8, 4) is 0 Å². The molecule has 2 rings (SSSR count). The number of aromatic nitrogens is 1. The molecule has 0 aliphatic rings. The fourth-order valence-electron chi connectivity index (χ4n) is 2.74. The molecule has 0 amide bonds. The van der Waals surface area contributed by atoms with E-state index in [1.165, 1.54) is 27.0 Å². The number of hydrogen-bond donors (Lipinski definition) is 1. The van der Waals surface area contributed by atoms with Gasteiger partial charge in [0.2, 0.25) is 0 Å². The number of hydrogen-bond acceptors (Lipinski definition) is 1. The first-order chi connectivity index (χ1) is 9.54. The summed E-state index contributed by atoms with van der Waals surface area (Å²) in [5.74, 6) is 0. The third kappa shape index (κ3) is 3.15. The van der Waals surface area contributed by atoms with Crippen LogP contribution in [0.1, 0.15) is 42.4 Å². The maximum absolute atomic E-state index is 3.62. The Kier molecular flexibility index (Phi) is 5.06. The van der Waals surface area contributed by atoms with Crippen molar-refractivity contribution in [1.29, 1.82) is 0 Å². The number of nitrogens with one attached hydrogen (secondary N) is 1. The van der Waals surface area contributed by atoms with Gasteiger partial charge in [-0.05, 0) is 51.0 Å². The van der Waals surface area contributed by atoms with Crippen LogP contribution in [0.2, 0.25) is 0 Å². The zero-order chi connectivity index (χ0) is 14.7. The van der Waals surface area contributed by atoms with Crippen molar-refractivity contribution in [1.82, 2.24) is 9.88 Å². The van der Waals surface area contributed by atoms with Gasteiger partial charge in [0.15, 0.2) is 0 Å². The Morgan fingerprint density at radius 3 is 2.55 bits per heavy atom. The van der Waals surface area contributed by atoms with Crippen LogP contribution in [0.15, 0.2) is 34.8 Å². The fourth-order valence-corrected chi connectivity index (χ4v) is 3.37. The van der Waals surface area contributed by atoms with E-state index in [9.17, 15) is 0 Å². The maximum atomic E-state index is 3.62. The Hall–Kier alpha value is -1.06. The average Bonchev–Trinajstić information content (AvgIpc) is 2.70. The van der Waals surface area contributed by atoms with Gasteiger partial charge >= 0.3 is 0 Å². The number of benzene rings is 1. The Morgan fingerprint density at radius 2 is 1.95 bits per heavy atom. The molecule has 0 aliphatic heterocycles.